The van der Waals surface area contributed by atoms with Crippen LogP contribution in [0.15, 0.2) is 11.1 Å². The highest BCUT2D eigenvalue weighted by Crippen LogP contribution is 2.33. The molecule has 0 atom stereocenters. The van der Waals surface area contributed by atoms with Gasteiger partial charge in [-0.3, -0.25) is 0 Å². The van der Waals surface area contributed by atoms with E-state index in [1.165, 1.54) is 25.7 Å². The zero-order valence-electron chi connectivity index (χ0n) is 6.91. The molecule has 64 valence electrons. The van der Waals surface area contributed by atoms with Crippen molar-refractivity contribution in [3.63, 3.8) is 0 Å². The summed E-state index contributed by atoms with van der Waals surface area (Å²) in [4.78, 5) is 0. The molecule has 0 spiro atoms. The fourth-order valence-electron chi connectivity index (χ4n) is 1.15. The topological polar surface area (TPSA) is 12.0 Å². The summed E-state index contributed by atoms with van der Waals surface area (Å²) >= 11 is 3.31. The first-order chi connectivity index (χ1) is 5.29. The average Bonchev–Trinajstić information content (AvgIpc) is 2.70. The van der Waals surface area contributed by atoms with Crippen molar-refractivity contribution < 1.29 is 0 Å². The normalized spacial score (nSPS) is 16.8. The van der Waals surface area contributed by atoms with Crippen LogP contribution in [0.4, 0.5) is 0 Å². The van der Waals surface area contributed by atoms with Gasteiger partial charge in [0.15, 0.2) is 0 Å². The first-order valence-electron chi connectivity index (χ1n) is 4.33. The fourth-order valence-corrected chi connectivity index (χ4v) is 1.34. The molecule has 0 aromatic rings. The zero-order valence-corrected chi connectivity index (χ0v) is 8.49. The number of hydrogen-bond acceptors (Lipinski definition) is 1. The lowest BCUT2D eigenvalue weighted by atomic mass is 10.2. The van der Waals surface area contributed by atoms with E-state index in [0.29, 0.717) is 0 Å². The summed E-state index contributed by atoms with van der Waals surface area (Å²) in [5.41, 5.74) is 0. The SMILES string of the molecule is C=C(Br)CNCCCC1CC1. The van der Waals surface area contributed by atoms with Crippen LogP contribution in [-0.2, 0) is 0 Å². The molecule has 1 fully saturated rings. The van der Waals surface area contributed by atoms with Gasteiger partial charge in [0.1, 0.15) is 0 Å². The van der Waals surface area contributed by atoms with Crippen LogP contribution in [0.3, 0.4) is 0 Å². The lowest BCUT2D eigenvalue weighted by Crippen LogP contribution is -2.16. The van der Waals surface area contributed by atoms with E-state index in [-0.39, 0.29) is 0 Å². The summed E-state index contributed by atoms with van der Waals surface area (Å²) in [5, 5.41) is 3.32. The molecule has 0 saturated heterocycles. The molecule has 2 heteroatoms. The summed E-state index contributed by atoms with van der Waals surface area (Å²) in [7, 11) is 0. The van der Waals surface area contributed by atoms with Gasteiger partial charge in [-0.25, -0.2) is 0 Å². The molecule has 0 heterocycles. The van der Waals surface area contributed by atoms with Gasteiger partial charge in [0.2, 0.25) is 0 Å². The van der Waals surface area contributed by atoms with Crippen LogP contribution < -0.4 is 5.32 Å². The molecule has 0 amide bonds. The van der Waals surface area contributed by atoms with Gasteiger partial charge in [-0.05, 0) is 25.3 Å². The van der Waals surface area contributed by atoms with Crippen molar-refractivity contribution in [3.05, 3.63) is 11.1 Å². The van der Waals surface area contributed by atoms with Crippen LogP contribution in [0.5, 0.6) is 0 Å². The van der Waals surface area contributed by atoms with E-state index in [1.807, 2.05) is 0 Å². The molecule has 11 heavy (non-hydrogen) atoms. The summed E-state index contributed by atoms with van der Waals surface area (Å²) in [6, 6.07) is 0. The molecule has 0 aliphatic heterocycles. The molecule has 1 aliphatic rings. The summed E-state index contributed by atoms with van der Waals surface area (Å²) in [5.74, 6) is 1.07. The molecule has 0 aromatic heterocycles. The molecule has 0 aromatic carbocycles. The Labute approximate surface area is 77.4 Å². The Morgan fingerprint density at radius 2 is 2.27 bits per heavy atom. The summed E-state index contributed by atoms with van der Waals surface area (Å²) in [6.07, 6.45) is 5.70. The van der Waals surface area contributed by atoms with Crippen molar-refractivity contribution >= 4 is 15.9 Å². The molecule has 1 N–H and O–H groups in total. The van der Waals surface area contributed by atoms with E-state index in [4.69, 9.17) is 0 Å². The van der Waals surface area contributed by atoms with E-state index < -0.39 is 0 Å². The molecule has 1 nitrogen and oxygen atoms in total. The van der Waals surface area contributed by atoms with E-state index >= 15 is 0 Å². The van der Waals surface area contributed by atoms with E-state index in [9.17, 15) is 0 Å². The lowest BCUT2D eigenvalue weighted by Gasteiger charge is -2.01. The first kappa shape index (κ1) is 9.27. The zero-order chi connectivity index (χ0) is 8.10. The largest absolute Gasteiger partial charge is 0.312 e. The molecule has 1 aliphatic carbocycles. The average molecular weight is 218 g/mol. The van der Waals surface area contributed by atoms with Gasteiger partial charge < -0.3 is 5.32 Å². The smallest absolute Gasteiger partial charge is 0.0265 e. The Hall–Kier alpha value is 0.180. The van der Waals surface area contributed by atoms with Crippen LogP contribution in [0, 0.1) is 5.92 Å². The van der Waals surface area contributed by atoms with Gasteiger partial charge in [0.05, 0.1) is 0 Å². The summed E-state index contributed by atoms with van der Waals surface area (Å²) < 4.78 is 1.05. The first-order valence-corrected chi connectivity index (χ1v) is 5.12. The van der Waals surface area contributed by atoms with E-state index in [1.54, 1.807) is 0 Å². The third kappa shape index (κ3) is 5.45. The minimum atomic E-state index is 0.907. The van der Waals surface area contributed by atoms with Gasteiger partial charge in [0.25, 0.3) is 0 Å². The lowest BCUT2D eigenvalue weighted by molar-refractivity contribution is 0.616. The Balaban J connectivity index is 1.76. The fraction of sp³-hybridized carbons (Fsp3) is 0.778. The standard InChI is InChI=1S/C9H16BrN/c1-8(10)7-11-6-2-3-9-4-5-9/h9,11H,1-7H2. The van der Waals surface area contributed by atoms with Crippen LogP contribution in [0.25, 0.3) is 0 Å². The Bertz CT molecular complexity index is 130. The number of hydrogen-bond donors (Lipinski definition) is 1. The predicted octanol–water partition coefficient (Wildman–Crippen LogP) is 2.67. The molecular weight excluding hydrogens is 202 g/mol. The summed E-state index contributed by atoms with van der Waals surface area (Å²) in [6.45, 7) is 5.80. The highest BCUT2D eigenvalue weighted by molar-refractivity contribution is 9.11. The maximum absolute atomic E-state index is 3.75. The van der Waals surface area contributed by atoms with Gasteiger partial charge in [-0.1, -0.05) is 35.4 Å². The highest BCUT2D eigenvalue weighted by atomic mass is 79.9. The molecule has 1 saturated carbocycles. The quantitative estimate of drug-likeness (QED) is 0.676. The predicted molar refractivity (Wildman–Crippen MR) is 52.9 cm³/mol. The van der Waals surface area contributed by atoms with Gasteiger partial charge in [0, 0.05) is 11.0 Å². The third-order valence-corrected chi connectivity index (χ3v) is 2.26. The maximum Gasteiger partial charge on any atom is 0.0265 e. The minimum Gasteiger partial charge on any atom is -0.312 e. The van der Waals surface area contributed by atoms with Crippen molar-refractivity contribution in [3.8, 4) is 0 Å². The second kappa shape index (κ2) is 4.94. The number of nitrogens with one attached hydrogen (secondary N) is 1. The van der Waals surface area contributed by atoms with Crippen LogP contribution in [-0.4, -0.2) is 13.1 Å². The number of rotatable bonds is 6. The monoisotopic (exact) mass is 217 g/mol. The van der Waals surface area contributed by atoms with Crippen LogP contribution >= 0.6 is 15.9 Å². The molecule has 1 rings (SSSR count). The van der Waals surface area contributed by atoms with Gasteiger partial charge in [-0.15, -0.1) is 0 Å². The number of halogens is 1. The Morgan fingerprint density at radius 1 is 1.55 bits per heavy atom. The van der Waals surface area contributed by atoms with E-state index in [0.717, 1.165) is 23.5 Å². The third-order valence-electron chi connectivity index (χ3n) is 1.98. The van der Waals surface area contributed by atoms with Crippen LogP contribution in [0.2, 0.25) is 0 Å². The Morgan fingerprint density at radius 3 is 2.82 bits per heavy atom. The van der Waals surface area contributed by atoms with Crippen molar-refractivity contribution in [2.45, 2.75) is 25.7 Å². The van der Waals surface area contributed by atoms with Gasteiger partial charge in [-0.2, -0.15) is 0 Å². The van der Waals surface area contributed by atoms with Crippen molar-refractivity contribution in [1.29, 1.82) is 0 Å². The van der Waals surface area contributed by atoms with Crippen molar-refractivity contribution in [1.82, 2.24) is 5.32 Å². The molecule has 0 radical (unpaired) electrons. The van der Waals surface area contributed by atoms with Crippen molar-refractivity contribution in [2.24, 2.45) is 5.92 Å². The van der Waals surface area contributed by atoms with Gasteiger partial charge >= 0.3 is 0 Å². The molecule has 0 unspecified atom stereocenters. The highest BCUT2D eigenvalue weighted by Gasteiger charge is 2.19. The molecular formula is C9H16BrN. The maximum atomic E-state index is 3.75. The van der Waals surface area contributed by atoms with E-state index in [2.05, 4.69) is 27.8 Å². The molecule has 0 bridgehead atoms. The Kier molecular flexibility index (Phi) is 4.16. The van der Waals surface area contributed by atoms with Crippen molar-refractivity contribution in [2.75, 3.05) is 13.1 Å². The van der Waals surface area contributed by atoms with Crippen LogP contribution in [0.1, 0.15) is 25.7 Å². The second-order valence-electron chi connectivity index (χ2n) is 3.28. The second-order valence-corrected chi connectivity index (χ2v) is 4.40. The minimum absolute atomic E-state index is 0.907.